The number of nitrogens with zero attached hydrogens (tertiary/aromatic N) is 1. The topological polar surface area (TPSA) is 83.5 Å². The molecule has 0 heterocycles. The second-order valence-corrected chi connectivity index (χ2v) is 9.16. The van der Waals surface area contributed by atoms with Gasteiger partial charge < -0.3 is 0 Å². The van der Waals surface area contributed by atoms with Gasteiger partial charge >= 0.3 is 0 Å². The molecule has 0 radical (unpaired) electrons. The van der Waals surface area contributed by atoms with Crippen molar-refractivity contribution in [2.45, 2.75) is 16.7 Å². The number of rotatable bonds is 5. The fourth-order valence-electron chi connectivity index (χ4n) is 1.87. The second kappa shape index (κ2) is 6.50. The van der Waals surface area contributed by atoms with Crippen LogP contribution in [0.4, 0.5) is 10.1 Å². The van der Waals surface area contributed by atoms with E-state index in [-0.39, 0.29) is 15.5 Å². The fourth-order valence-corrected chi connectivity index (χ4v) is 3.82. The van der Waals surface area contributed by atoms with Gasteiger partial charge in [-0.05, 0) is 48.9 Å². The molecule has 0 unspecified atom stereocenters. The lowest BCUT2D eigenvalue weighted by Gasteiger charge is -2.12. The Kier molecular flexibility index (Phi) is 4.97. The molecule has 0 spiro atoms. The first-order valence-electron chi connectivity index (χ1n) is 6.85. The monoisotopic (exact) mass is 372 g/mol. The molecule has 0 bridgehead atoms. The van der Waals surface area contributed by atoms with Crippen LogP contribution < -0.4 is 4.72 Å². The molecule has 0 aliphatic heterocycles. The maximum atomic E-state index is 13.5. The van der Waals surface area contributed by atoms with E-state index >= 15 is 0 Å². The highest BCUT2D eigenvalue weighted by molar-refractivity contribution is 7.92. The Bertz CT molecular complexity index is 953. The Labute approximate surface area is 141 Å². The van der Waals surface area contributed by atoms with Gasteiger partial charge in [-0.1, -0.05) is 6.07 Å². The minimum absolute atomic E-state index is 0.0205. The molecule has 130 valence electrons. The molecule has 0 saturated heterocycles. The summed E-state index contributed by atoms with van der Waals surface area (Å²) in [6.07, 6.45) is 0. The summed E-state index contributed by atoms with van der Waals surface area (Å²) in [5.41, 5.74) is 0.485. The lowest BCUT2D eigenvalue weighted by atomic mass is 10.2. The van der Waals surface area contributed by atoms with Crippen molar-refractivity contribution in [1.82, 2.24) is 4.31 Å². The Morgan fingerprint density at radius 3 is 1.96 bits per heavy atom. The zero-order valence-electron chi connectivity index (χ0n) is 13.3. The van der Waals surface area contributed by atoms with Crippen LogP contribution in [0.25, 0.3) is 0 Å². The van der Waals surface area contributed by atoms with Crippen LogP contribution >= 0.6 is 0 Å². The maximum absolute atomic E-state index is 13.5. The molecule has 0 aliphatic rings. The number of anilines is 1. The molecule has 1 N–H and O–H groups in total. The van der Waals surface area contributed by atoms with Crippen molar-refractivity contribution in [3.63, 3.8) is 0 Å². The number of hydrogen-bond donors (Lipinski definition) is 1. The Morgan fingerprint density at radius 2 is 1.46 bits per heavy atom. The number of aryl methyl sites for hydroxylation is 1. The first-order valence-corrected chi connectivity index (χ1v) is 9.78. The van der Waals surface area contributed by atoms with E-state index < -0.39 is 25.9 Å². The molecule has 2 rings (SSSR count). The minimum atomic E-state index is -3.95. The van der Waals surface area contributed by atoms with Gasteiger partial charge in [-0.15, -0.1) is 0 Å². The molecule has 0 atom stereocenters. The zero-order valence-corrected chi connectivity index (χ0v) is 14.9. The summed E-state index contributed by atoms with van der Waals surface area (Å²) in [6.45, 7) is 1.57. The summed E-state index contributed by atoms with van der Waals surface area (Å²) in [4.78, 5) is -0.144. The summed E-state index contributed by atoms with van der Waals surface area (Å²) in [5.74, 6) is -0.525. The average molecular weight is 372 g/mol. The molecule has 0 aromatic heterocycles. The van der Waals surface area contributed by atoms with Gasteiger partial charge in [-0.25, -0.2) is 25.5 Å². The normalized spacial score (nSPS) is 12.4. The second-order valence-electron chi connectivity index (χ2n) is 5.33. The standard InChI is InChI=1S/C15H17FN2O4S2/c1-11-4-5-12(10-15(11)16)17-23(19,20)13-6-8-14(9-7-13)24(21,22)18(2)3/h4-10,17H,1-3H3. The highest BCUT2D eigenvalue weighted by atomic mass is 32.2. The highest BCUT2D eigenvalue weighted by Crippen LogP contribution is 2.21. The molecule has 0 amide bonds. The van der Waals surface area contributed by atoms with E-state index in [1.165, 1.54) is 50.5 Å². The van der Waals surface area contributed by atoms with Crippen molar-refractivity contribution in [3.8, 4) is 0 Å². The Morgan fingerprint density at radius 1 is 0.917 bits per heavy atom. The molecule has 0 fully saturated rings. The molecular formula is C15H17FN2O4S2. The van der Waals surface area contributed by atoms with E-state index in [4.69, 9.17) is 0 Å². The summed E-state index contributed by atoms with van der Waals surface area (Å²) in [7, 11) is -4.83. The third-order valence-electron chi connectivity index (χ3n) is 3.34. The number of nitrogens with one attached hydrogen (secondary N) is 1. The SMILES string of the molecule is Cc1ccc(NS(=O)(=O)c2ccc(S(=O)(=O)N(C)C)cc2)cc1F. The first kappa shape index (κ1) is 18.4. The minimum Gasteiger partial charge on any atom is -0.280 e. The van der Waals surface area contributed by atoms with Crippen LogP contribution in [0.5, 0.6) is 0 Å². The van der Waals surface area contributed by atoms with Crippen molar-refractivity contribution in [2.75, 3.05) is 18.8 Å². The number of benzene rings is 2. The fraction of sp³-hybridized carbons (Fsp3) is 0.200. The largest absolute Gasteiger partial charge is 0.280 e. The van der Waals surface area contributed by atoms with Crippen LogP contribution in [0.1, 0.15) is 5.56 Å². The van der Waals surface area contributed by atoms with Crippen molar-refractivity contribution in [2.24, 2.45) is 0 Å². The van der Waals surface area contributed by atoms with Crippen LogP contribution in [-0.2, 0) is 20.0 Å². The Hall–Kier alpha value is -1.97. The zero-order chi connectivity index (χ0) is 18.1. The molecule has 24 heavy (non-hydrogen) atoms. The van der Waals surface area contributed by atoms with Crippen molar-refractivity contribution in [3.05, 3.63) is 53.8 Å². The van der Waals surface area contributed by atoms with Crippen LogP contribution in [0.3, 0.4) is 0 Å². The predicted octanol–water partition coefficient (Wildman–Crippen LogP) is 2.19. The molecule has 9 heteroatoms. The number of sulfonamides is 2. The molecule has 2 aromatic rings. The lowest BCUT2D eigenvalue weighted by Crippen LogP contribution is -2.22. The maximum Gasteiger partial charge on any atom is 0.261 e. The molecular weight excluding hydrogens is 355 g/mol. The number of hydrogen-bond acceptors (Lipinski definition) is 4. The van der Waals surface area contributed by atoms with Gasteiger partial charge in [0.1, 0.15) is 5.82 Å². The summed E-state index contributed by atoms with van der Waals surface area (Å²) < 4.78 is 65.3. The summed E-state index contributed by atoms with van der Waals surface area (Å²) >= 11 is 0. The van der Waals surface area contributed by atoms with Gasteiger partial charge in [0.2, 0.25) is 10.0 Å². The quantitative estimate of drug-likeness (QED) is 0.872. The predicted molar refractivity (Wildman–Crippen MR) is 89.3 cm³/mol. The first-order chi connectivity index (χ1) is 11.0. The van der Waals surface area contributed by atoms with Crippen molar-refractivity contribution >= 4 is 25.7 Å². The van der Waals surface area contributed by atoms with E-state index in [0.29, 0.717) is 5.56 Å². The van der Waals surface area contributed by atoms with Gasteiger partial charge in [-0.3, -0.25) is 4.72 Å². The molecule has 6 nitrogen and oxygen atoms in total. The van der Waals surface area contributed by atoms with Crippen LogP contribution in [0.2, 0.25) is 0 Å². The van der Waals surface area contributed by atoms with Gasteiger partial charge in [0.05, 0.1) is 15.5 Å². The lowest BCUT2D eigenvalue weighted by molar-refractivity contribution is 0.520. The van der Waals surface area contributed by atoms with E-state index in [2.05, 4.69) is 4.72 Å². The van der Waals surface area contributed by atoms with Crippen LogP contribution in [0, 0.1) is 12.7 Å². The van der Waals surface area contributed by atoms with Crippen molar-refractivity contribution < 1.29 is 21.2 Å². The van der Waals surface area contributed by atoms with Gasteiger partial charge in [0.25, 0.3) is 10.0 Å². The molecule has 0 saturated carbocycles. The van der Waals surface area contributed by atoms with Gasteiger partial charge in [-0.2, -0.15) is 0 Å². The van der Waals surface area contributed by atoms with Crippen LogP contribution in [-0.4, -0.2) is 35.2 Å². The van der Waals surface area contributed by atoms with E-state index in [9.17, 15) is 21.2 Å². The smallest absolute Gasteiger partial charge is 0.261 e. The van der Waals surface area contributed by atoms with Crippen molar-refractivity contribution in [1.29, 1.82) is 0 Å². The molecule has 0 aliphatic carbocycles. The van der Waals surface area contributed by atoms with Gasteiger partial charge in [0.15, 0.2) is 0 Å². The third-order valence-corrected chi connectivity index (χ3v) is 6.56. The average Bonchev–Trinajstić information content (AvgIpc) is 2.50. The summed E-state index contributed by atoms with van der Waals surface area (Å²) in [5, 5.41) is 0. The third kappa shape index (κ3) is 3.74. The van der Waals surface area contributed by atoms with Gasteiger partial charge in [0, 0.05) is 14.1 Å². The summed E-state index contributed by atoms with van der Waals surface area (Å²) in [6, 6.07) is 8.77. The molecule has 2 aromatic carbocycles. The number of halogens is 1. The van der Waals surface area contributed by atoms with E-state index in [1.54, 1.807) is 6.92 Å². The highest BCUT2D eigenvalue weighted by Gasteiger charge is 2.20. The Balaban J connectivity index is 2.31. The van der Waals surface area contributed by atoms with E-state index in [1.807, 2.05) is 0 Å². The van der Waals surface area contributed by atoms with Crippen LogP contribution in [0.15, 0.2) is 52.3 Å². The van der Waals surface area contributed by atoms with E-state index in [0.717, 1.165) is 10.4 Å².